The number of aryl methyl sites for hydroxylation is 3. The van der Waals surface area contributed by atoms with Gasteiger partial charge in [-0.1, -0.05) is 36.4 Å². The van der Waals surface area contributed by atoms with E-state index in [-0.39, 0.29) is 6.42 Å². The summed E-state index contributed by atoms with van der Waals surface area (Å²) in [5.41, 5.74) is 4.15. The number of pyridine rings is 1. The zero-order chi connectivity index (χ0) is 15.4. The van der Waals surface area contributed by atoms with Gasteiger partial charge < -0.3 is 9.51 Å². The van der Waals surface area contributed by atoms with E-state index in [9.17, 15) is 4.79 Å². The highest BCUT2D eigenvalue weighted by atomic mass is 16.4. The number of hydrogen-bond acceptors (Lipinski definition) is 2. The zero-order valence-corrected chi connectivity index (χ0v) is 12.3. The zero-order valence-electron chi connectivity index (χ0n) is 12.3. The van der Waals surface area contributed by atoms with Crippen LogP contribution in [-0.2, 0) is 24.1 Å². The molecule has 2 aromatic heterocycles. The predicted molar refractivity (Wildman–Crippen MR) is 85.0 cm³/mol. The van der Waals surface area contributed by atoms with Crippen molar-refractivity contribution in [3.8, 4) is 0 Å². The van der Waals surface area contributed by atoms with Crippen molar-refractivity contribution in [3.05, 3.63) is 71.7 Å². The number of carboxylic acids is 1. The maximum Gasteiger partial charge on any atom is 0.303 e. The average Bonchev–Trinajstić information content (AvgIpc) is 2.89. The molecule has 0 bridgehead atoms. The molecule has 2 heterocycles. The predicted octanol–water partition coefficient (Wildman–Crippen LogP) is 3.14. The van der Waals surface area contributed by atoms with Crippen LogP contribution in [-0.4, -0.2) is 20.5 Å². The molecule has 3 aromatic rings. The van der Waals surface area contributed by atoms with Gasteiger partial charge in [0.25, 0.3) is 0 Å². The molecule has 0 unspecified atom stereocenters. The highest BCUT2D eigenvalue weighted by molar-refractivity contribution is 5.67. The number of hydrogen-bond donors (Lipinski definition) is 1. The quantitative estimate of drug-likeness (QED) is 0.760. The SMILES string of the molecule is O=C(O)CCc1c(CCc2ccccc2)nc2ccccn12. The van der Waals surface area contributed by atoms with Crippen LogP contribution in [0.25, 0.3) is 5.65 Å². The molecular weight excluding hydrogens is 276 g/mol. The van der Waals surface area contributed by atoms with Crippen LogP contribution in [0.4, 0.5) is 0 Å². The fourth-order valence-corrected chi connectivity index (χ4v) is 2.69. The highest BCUT2D eigenvalue weighted by Crippen LogP contribution is 2.17. The molecule has 22 heavy (non-hydrogen) atoms. The van der Waals surface area contributed by atoms with Crippen LogP contribution >= 0.6 is 0 Å². The summed E-state index contributed by atoms with van der Waals surface area (Å²) in [7, 11) is 0. The third kappa shape index (κ3) is 3.17. The third-order valence-corrected chi connectivity index (χ3v) is 3.78. The minimum absolute atomic E-state index is 0.126. The monoisotopic (exact) mass is 294 g/mol. The summed E-state index contributed by atoms with van der Waals surface area (Å²) in [6.45, 7) is 0. The van der Waals surface area contributed by atoms with E-state index >= 15 is 0 Å². The third-order valence-electron chi connectivity index (χ3n) is 3.78. The van der Waals surface area contributed by atoms with Gasteiger partial charge in [-0.3, -0.25) is 4.79 Å². The van der Waals surface area contributed by atoms with Crippen molar-refractivity contribution in [1.82, 2.24) is 9.38 Å². The Morgan fingerprint density at radius 2 is 1.77 bits per heavy atom. The van der Waals surface area contributed by atoms with E-state index in [1.807, 2.05) is 47.0 Å². The second-order valence-corrected chi connectivity index (χ2v) is 5.31. The number of carbonyl (C=O) groups is 1. The molecule has 0 atom stereocenters. The normalized spacial score (nSPS) is 10.9. The lowest BCUT2D eigenvalue weighted by Gasteiger charge is -2.04. The number of fused-ring (bicyclic) bond motifs is 1. The first-order chi connectivity index (χ1) is 10.7. The summed E-state index contributed by atoms with van der Waals surface area (Å²) < 4.78 is 2.00. The Morgan fingerprint density at radius 3 is 2.55 bits per heavy atom. The van der Waals surface area contributed by atoms with E-state index in [0.29, 0.717) is 6.42 Å². The van der Waals surface area contributed by atoms with Crippen LogP contribution in [0, 0.1) is 0 Å². The fraction of sp³-hybridized carbons (Fsp3) is 0.222. The first-order valence-corrected chi connectivity index (χ1v) is 7.44. The average molecular weight is 294 g/mol. The van der Waals surface area contributed by atoms with Crippen LogP contribution in [0.1, 0.15) is 23.4 Å². The topological polar surface area (TPSA) is 54.6 Å². The van der Waals surface area contributed by atoms with Crippen molar-refractivity contribution >= 4 is 11.6 Å². The molecule has 4 heteroatoms. The Labute approximate surface area is 129 Å². The Hall–Kier alpha value is -2.62. The number of nitrogens with zero attached hydrogens (tertiary/aromatic N) is 2. The van der Waals surface area contributed by atoms with Gasteiger partial charge in [-0.25, -0.2) is 4.98 Å². The van der Waals surface area contributed by atoms with E-state index < -0.39 is 5.97 Å². The molecule has 4 nitrogen and oxygen atoms in total. The van der Waals surface area contributed by atoms with E-state index in [1.165, 1.54) is 5.56 Å². The Balaban J connectivity index is 1.86. The van der Waals surface area contributed by atoms with Gasteiger partial charge >= 0.3 is 5.97 Å². The van der Waals surface area contributed by atoms with Crippen LogP contribution in [0.2, 0.25) is 0 Å². The maximum atomic E-state index is 10.9. The summed E-state index contributed by atoms with van der Waals surface area (Å²) >= 11 is 0. The van der Waals surface area contributed by atoms with Gasteiger partial charge in [0.15, 0.2) is 0 Å². The van der Waals surface area contributed by atoms with Gasteiger partial charge in [-0.2, -0.15) is 0 Å². The lowest BCUT2D eigenvalue weighted by Crippen LogP contribution is -2.03. The van der Waals surface area contributed by atoms with Gasteiger partial charge in [-0.05, 0) is 30.5 Å². The van der Waals surface area contributed by atoms with E-state index in [2.05, 4.69) is 17.1 Å². The van der Waals surface area contributed by atoms with Crippen LogP contribution in [0.15, 0.2) is 54.7 Å². The molecule has 0 fully saturated rings. The van der Waals surface area contributed by atoms with Gasteiger partial charge in [0.1, 0.15) is 5.65 Å². The molecule has 0 spiro atoms. The number of rotatable bonds is 6. The van der Waals surface area contributed by atoms with Gasteiger partial charge in [0, 0.05) is 18.3 Å². The van der Waals surface area contributed by atoms with Gasteiger partial charge in [0.2, 0.25) is 0 Å². The smallest absolute Gasteiger partial charge is 0.303 e. The Morgan fingerprint density at radius 1 is 1.00 bits per heavy atom. The molecule has 1 N–H and O–H groups in total. The number of carboxylic acid groups (broad SMARTS) is 1. The van der Waals surface area contributed by atoms with Crippen molar-refractivity contribution in [3.63, 3.8) is 0 Å². The number of imidazole rings is 1. The lowest BCUT2D eigenvalue weighted by atomic mass is 10.1. The van der Waals surface area contributed by atoms with Crippen LogP contribution < -0.4 is 0 Å². The second kappa shape index (κ2) is 6.43. The minimum Gasteiger partial charge on any atom is -0.481 e. The molecule has 0 saturated heterocycles. The maximum absolute atomic E-state index is 10.9. The molecule has 0 saturated carbocycles. The summed E-state index contributed by atoms with van der Waals surface area (Å²) in [5, 5.41) is 8.95. The molecule has 0 amide bonds. The lowest BCUT2D eigenvalue weighted by molar-refractivity contribution is -0.136. The van der Waals surface area contributed by atoms with E-state index in [0.717, 1.165) is 29.9 Å². The fourth-order valence-electron chi connectivity index (χ4n) is 2.69. The number of aromatic nitrogens is 2. The highest BCUT2D eigenvalue weighted by Gasteiger charge is 2.13. The van der Waals surface area contributed by atoms with Gasteiger partial charge in [-0.15, -0.1) is 0 Å². The molecule has 0 aliphatic carbocycles. The second-order valence-electron chi connectivity index (χ2n) is 5.31. The van der Waals surface area contributed by atoms with E-state index in [1.54, 1.807) is 0 Å². The Bertz CT molecular complexity index is 778. The summed E-state index contributed by atoms with van der Waals surface area (Å²) in [5.74, 6) is -0.778. The van der Waals surface area contributed by atoms with Gasteiger partial charge in [0.05, 0.1) is 12.1 Å². The molecule has 0 aliphatic rings. The summed E-state index contributed by atoms with van der Waals surface area (Å²) in [6, 6.07) is 16.1. The summed E-state index contributed by atoms with van der Waals surface area (Å²) in [6.07, 6.45) is 4.31. The largest absolute Gasteiger partial charge is 0.481 e. The van der Waals surface area contributed by atoms with Crippen molar-refractivity contribution in [1.29, 1.82) is 0 Å². The first-order valence-electron chi connectivity index (χ1n) is 7.44. The molecule has 1 aromatic carbocycles. The Kier molecular flexibility index (Phi) is 4.19. The van der Waals surface area contributed by atoms with Crippen molar-refractivity contribution < 1.29 is 9.90 Å². The molecule has 3 rings (SSSR count). The van der Waals surface area contributed by atoms with Crippen molar-refractivity contribution in [2.75, 3.05) is 0 Å². The molecule has 0 radical (unpaired) electrons. The number of benzene rings is 1. The number of aliphatic carboxylic acids is 1. The van der Waals surface area contributed by atoms with Crippen molar-refractivity contribution in [2.24, 2.45) is 0 Å². The van der Waals surface area contributed by atoms with E-state index in [4.69, 9.17) is 5.11 Å². The summed E-state index contributed by atoms with van der Waals surface area (Å²) in [4.78, 5) is 15.6. The first kappa shape index (κ1) is 14.3. The van der Waals surface area contributed by atoms with Crippen molar-refractivity contribution in [2.45, 2.75) is 25.7 Å². The van der Waals surface area contributed by atoms with Crippen LogP contribution in [0.3, 0.4) is 0 Å². The standard InChI is InChI=1S/C18H18N2O2/c21-18(22)12-11-16-15(10-9-14-6-2-1-3-7-14)19-17-8-4-5-13-20(16)17/h1-8,13H,9-12H2,(H,21,22). The molecular formula is C18H18N2O2. The van der Waals surface area contributed by atoms with Crippen LogP contribution in [0.5, 0.6) is 0 Å². The molecule has 112 valence electrons. The minimum atomic E-state index is -0.778. The molecule has 0 aliphatic heterocycles.